The number of hydrogen-bond acceptors (Lipinski definition) is 1. The van der Waals surface area contributed by atoms with Crippen LogP contribution in [0.15, 0.2) is 24.3 Å². The van der Waals surface area contributed by atoms with Crippen LogP contribution >= 0.6 is 12.2 Å². The number of rotatable bonds is 1. The summed E-state index contributed by atoms with van der Waals surface area (Å²) in [6, 6.07) is 8.28. The number of nitrogens with one attached hydrogen (secondary N) is 1. The smallest absolute Gasteiger partial charge is 0.173 e. The van der Waals surface area contributed by atoms with Crippen molar-refractivity contribution in [1.29, 1.82) is 0 Å². The SMILES string of the molecule is Cc1ccccc1NC(=S)N1CC(C)CC(C)C1. The van der Waals surface area contributed by atoms with Crippen LogP contribution in [-0.4, -0.2) is 23.1 Å². The van der Waals surface area contributed by atoms with E-state index in [-0.39, 0.29) is 0 Å². The lowest BCUT2D eigenvalue weighted by atomic mass is 9.92. The lowest BCUT2D eigenvalue weighted by molar-refractivity contribution is 0.216. The van der Waals surface area contributed by atoms with Gasteiger partial charge in [0, 0.05) is 18.8 Å². The van der Waals surface area contributed by atoms with Gasteiger partial charge in [-0.2, -0.15) is 0 Å². The van der Waals surface area contributed by atoms with Gasteiger partial charge in [-0.25, -0.2) is 0 Å². The molecule has 1 saturated heterocycles. The van der Waals surface area contributed by atoms with E-state index < -0.39 is 0 Å². The zero-order chi connectivity index (χ0) is 13.1. The molecular formula is C15H22N2S. The Morgan fingerprint density at radius 2 is 1.83 bits per heavy atom. The van der Waals surface area contributed by atoms with Crippen LogP contribution < -0.4 is 5.32 Å². The van der Waals surface area contributed by atoms with Crippen LogP contribution in [0.1, 0.15) is 25.8 Å². The van der Waals surface area contributed by atoms with E-state index in [1.165, 1.54) is 12.0 Å². The fourth-order valence-corrected chi connectivity index (χ4v) is 3.00. The third-order valence-electron chi connectivity index (χ3n) is 3.54. The second-order valence-corrected chi connectivity index (χ2v) is 5.98. The normalized spacial score (nSPS) is 23.8. The number of likely N-dealkylation sites (tertiary alicyclic amines) is 1. The van der Waals surface area contributed by atoms with Crippen LogP contribution in [0.2, 0.25) is 0 Å². The second kappa shape index (κ2) is 5.70. The highest BCUT2D eigenvalue weighted by atomic mass is 32.1. The Hall–Kier alpha value is -1.09. The molecule has 1 fully saturated rings. The molecule has 0 aliphatic carbocycles. The summed E-state index contributed by atoms with van der Waals surface area (Å²) >= 11 is 5.54. The highest BCUT2D eigenvalue weighted by Gasteiger charge is 2.23. The number of para-hydroxylation sites is 1. The minimum atomic E-state index is 0.727. The average molecular weight is 262 g/mol. The molecule has 0 bridgehead atoms. The van der Waals surface area contributed by atoms with Gasteiger partial charge in [-0.3, -0.25) is 0 Å². The minimum Gasteiger partial charge on any atom is -0.348 e. The number of aryl methyl sites for hydroxylation is 1. The van der Waals surface area contributed by atoms with Crippen LogP contribution in [-0.2, 0) is 0 Å². The molecule has 2 atom stereocenters. The molecule has 1 heterocycles. The zero-order valence-corrected chi connectivity index (χ0v) is 12.3. The first kappa shape index (κ1) is 13.3. The molecule has 98 valence electrons. The molecule has 3 heteroatoms. The summed E-state index contributed by atoms with van der Waals surface area (Å²) in [4.78, 5) is 2.31. The maximum Gasteiger partial charge on any atom is 0.173 e. The van der Waals surface area contributed by atoms with Gasteiger partial charge in [0.05, 0.1) is 0 Å². The third kappa shape index (κ3) is 3.22. The molecule has 0 saturated carbocycles. The predicted octanol–water partition coefficient (Wildman–Crippen LogP) is 3.67. The van der Waals surface area contributed by atoms with Crippen molar-refractivity contribution in [2.24, 2.45) is 11.8 Å². The number of nitrogens with zero attached hydrogens (tertiary/aromatic N) is 1. The van der Waals surface area contributed by atoms with Crippen LogP contribution in [0.4, 0.5) is 5.69 Å². The van der Waals surface area contributed by atoms with Crippen molar-refractivity contribution in [2.45, 2.75) is 27.2 Å². The Kier molecular flexibility index (Phi) is 4.23. The summed E-state index contributed by atoms with van der Waals surface area (Å²) in [7, 11) is 0. The van der Waals surface area contributed by atoms with E-state index >= 15 is 0 Å². The molecule has 0 aromatic heterocycles. The van der Waals surface area contributed by atoms with Gasteiger partial charge in [0.25, 0.3) is 0 Å². The van der Waals surface area contributed by atoms with Crippen LogP contribution in [0.5, 0.6) is 0 Å². The first-order chi connectivity index (χ1) is 8.56. The van der Waals surface area contributed by atoms with Crippen LogP contribution in [0, 0.1) is 18.8 Å². The number of benzene rings is 1. The monoisotopic (exact) mass is 262 g/mol. The van der Waals surface area contributed by atoms with E-state index in [0.29, 0.717) is 0 Å². The molecular weight excluding hydrogens is 240 g/mol. The van der Waals surface area contributed by atoms with Crippen molar-refractivity contribution in [3.8, 4) is 0 Å². The molecule has 2 unspecified atom stereocenters. The average Bonchev–Trinajstić information content (AvgIpc) is 2.31. The number of thiocarbonyl (C=S) groups is 1. The molecule has 0 amide bonds. The van der Waals surface area contributed by atoms with Gasteiger partial charge in [0.2, 0.25) is 0 Å². The lowest BCUT2D eigenvalue weighted by Crippen LogP contribution is -2.44. The summed E-state index contributed by atoms with van der Waals surface area (Å²) in [5.74, 6) is 1.45. The van der Waals surface area contributed by atoms with E-state index in [1.807, 2.05) is 6.07 Å². The van der Waals surface area contributed by atoms with Crippen molar-refractivity contribution in [3.63, 3.8) is 0 Å². The standard InChI is InChI=1S/C15H22N2S/c1-11-8-12(2)10-17(9-11)15(18)16-14-7-5-4-6-13(14)3/h4-7,11-12H,8-10H2,1-3H3,(H,16,18). The van der Waals surface area contributed by atoms with Gasteiger partial charge < -0.3 is 10.2 Å². The molecule has 18 heavy (non-hydrogen) atoms. The first-order valence-electron chi connectivity index (χ1n) is 6.68. The fourth-order valence-electron chi connectivity index (χ4n) is 2.74. The van der Waals surface area contributed by atoms with Gasteiger partial charge in [-0.05, 0) is 49.0 Å². The van der Waals surface area contributed by atoms with Crippen molar-refractivity contribution >= 4 is 23.0 Å². The van der Waals surface area contributed by atoms with Crippen molar-refractivity contribution in [1.82, 2.24) is 4.90 Å². The Morgan fingerprint density at radius 1 is 1.22 bits per heavy atom. The van der Waals surface area contributed by atoms with E-state index in [4.69, 9.17) is 12.2 Å². The molecule has 2 rings (SSSR count). The highest BCUT2D eigenvalue weighted by Crippen LogP contribution is 2.22. The van der Waals surface area contributed by atoms with Gasteiger partial charge in [0.15, 0.2) is 5.11 Å². The quantitative estimate of drug-likeness (QED) is 0.777. The van der Waals surface area contributed by atoms with E-state index in [2.05, 4.69) is 49.2 Å². The van der Waals surface area contributed by atoms with E-state index in [1.54, 1.807) is 0 Å². The summed E-state index contributed by atoms with van der Waals surface area (Å²) in [5, 5.41) is 4.24. The number of hydrogen-bond donors (Lipinski definition) is 1. The van der Waals surface area contributed by atoms with Gasteiger partial charge in [-0.1, -0.05) is 32.0 Å². The summed E-state index contributed by atoms with van der Waals surface area (Å²) in [5.41, 5.74) is 2.35. The predicted molar refractivity (Wildman–Crippen MR) is 81.9 cm³/mol. The van der Waals surface area contributed by atoms with Crippen LogP contribution in [0.25, 0.3) is 0 Å². The molecule has 1 aliphatic rings. The molecule has 0 radical (unpaired) electrons. The van der Waals surface area contributed by atoms with E-state index in [9.17, 15) is 0 Å². The zero-order valence-electron chi connectivity index (χ0n) is 11.4. The summed E-state index contributed by atoms with van der Waals surface area (Å²) < 4.78 is 0. The third-order valence-corrected chi connectivity index (χ3v) is 3.90. The Morgan fingerprint density at radius 3 is 2.44 bits per heavy atom. The number of piperidine rings is 1. The van der Waals surface area contributed by atoms with Crippen molar-refractivity contribution < 1.29 is 0 Å². The van der Waals surface area contributed by atoms with E-state index in [0.717, 1.165) is 35.7 Å². The summed E-state index contributed by atoms with van der Waals surface area (Å²) in [6.45, 7) is 8.86. The minimum absolute atomic E-state index is 0.727. The number of anilines is 1. The Balaban J connectivity index is 2.02. The van der Waals surface area contributed by atoms with Crippen molar-refractivity contribution in [3.05, 3.63) is 29.8 Å². The van der Waals surface area contributed by atoms with Gasteiger partial charge in [0.1, 0.15) is 0 Å². The fraction of sp³-hybridized carbons (Fsp3) is 0.533. The molecule has 1 aromatic carbocycles. The molecule has 0 spiro atoms. The van der Waals surface area contributed by atoms with Gasteiger partial charge in [-0.15, -0.1) is 0 Å². The summed E-state index contributed by atoms with van der Waals surface area (Å²) in [6.07, 6.45) is 1.31. The highest BCUT2D eigenvalue weighted by molar-refractivity contribution is 7.80. The largest absolute Gasteiger partial charge is 0.348 e. The Bertz CT molecular complexity index is 420. The molecule has 1 N–H and O–H groups in total. The molecule has 2 nitrogen and oxygen atoms in total. The first-order valence-corrected chi connectivity index (χ1v) is 7.08. The lowest BCUT2D eigenvalue weighted by Gasteiger charge is -2.36. The molecule has 1 aromatic rings. The maximum absolute atomic E-state index is 5.54. The molecule has 1 aliphatic heterocycles. The van der Waals surface area contributed by atoms with Gasteiger partial charge >= 0.3 is 0 Å². The van der Waals surface area contributed by atoms with Crippen molar-refractivity contribution in [2.75, 3.05) is 18.4 Å². The van der Waals surface area contributed by atoms with Crippen LogP contribution in [0.3, 0.4) is 0 Å². The Labute approximate surface area is 115 Å². The second-order valence-electron chi connectivity index (χ2n) is 5.60. The topological polar surface area (TPSA) is 15.3 Å². The maximum atomic E-state index is 5.54.